The van der Waals surface area contributed by atoms with Crippen LogP contribution in [-0.2, 0) is 19.3 Å². The number of aromatic nitrogens is 2. The average Bonchev–Trinajstić information content (AvgIpc) is 3.37. The zero-order valence-corrected chi connectivity index (χ0v) is 28.4. The van der Waals surface area contributed by atoms with E-state index >= 15 is 0 Å². The zero-order valence-electron chi connectivity index (χ0n) is 28.4. The molecule has 0 saturated carbocycles. The topological polar surface area (TPSA) is 54.7 Å². The summed E-state index contributed by atoms with van der Waals surface area (Å²) in [6.45, 7) is 5.42. The van der Waals surface area contributed by atoms with Crippen LogP contribution in [0.15, 0.2) is 0 Å². The molecular formula is C38H75N3. The molecule has 1 aromatic heterocycles. The van der Waals surface area contributed by atoms with E-state index < -0.39 is 0 Å². The van der Waals surface area contributed by atoms with Crippen LogP contribution in [-0.4, -0.2) is 16.5 Å². The first-order valence-corrected chi connectivity index (χ1v) is 19.1. The molecule has 0 aliphatic carbocycles. The fourth-order valence-electron chi connectivity index (χ4n) is 6.28. The lowest BCUT2D eigenvalue weighted by Gasteiger charge is -2.05. The van der Waals surface area contributed by atoms with Crippen molar-refractivity contribution in [2.75, 3.05) is 6.54 Å². The molecule has 242 valence electrons. The second-order valence-corrected chi connectivity index (χ2v) is 13.2. The van der Waals surface area contributed by atoms with E-state index in [0.29, 0.717) is 0 Å². The second kappa shape index (κ2) is 30.6. The van der Waals surface area contributed by atoms with E-state index in [4.69, 9.17) is 10.7 Å². The van der Waals surface area contributed by atoms with Crippen molar-refractivity contribution < 1.29 is 0 Å². The summed E-state index contributed by atoms with van der Waals surface area (Å²) in [7, 11) is 0. The smallest absolute Gasteiger partial charge is 0.106 e. The number of nitrogens with one attached hydrogen (secondary N) is 1. The highest BCUT2D eigenvalue weighted by atomic mass is 14.9. The van der Waals surface area contributed by atoms with Crippen molar-refractivity contribution in [3.05, 3.63) is 17.2 Å². The molecule has 3 heteroatoms. The van der Waals surface area contributed by atoms with Gasteiger partial charge in [-0.25, -0.2) is 4.98 Å². The van der Waals surface area contributed by atoms with E-state index in [1.54, 1.807) is 0 Å². The van der Waals surface area contributed by atoms with E-state index in [0.717, 1.165) is 19.4 Å². The molecule has 0 saturated heterocycles. The van der Waals surface area contributed by atoms with E-state index in [2.05, 4.69) is 18.8 Å². The summed E-state index contributed by atoms with van der Waals surface area (Å²) in [5.41, 5.74) is 8.54. The Morgan fingerprint density at radius 3 is 1.17 bits per heavy atom. The van der Waals surface area contributed by atoms with Crippen molar-refractivity contribution in [2.45, 2.75) is 219 Å². The van der Waals surface area contributed by atoms with Gasteiger partial charge in [-0.3, -0.25) is 0 Å². The molecule has 0 amide bonds. The molecule has 0 aliphatic heterocycles. The Morgan fingerprint density at radius 2 is 0.756 bits per heavy atom. The van der Waals surface area contributed by atoms with E-state index in [1.807, 2.05) is 0 Å². The third-order valence-electron chi connectivity index (χ3n) is 9.08. The van der Waals surface area contributed by atoms with Crippen LogP contribution in [0.5, 0.6) is 0 Å². The van der Waals surface area contributed by atoms with Crippen LogP contribution in [0.3, 0.4) is 0 Å². The number of nitrogens with zero attached hydrogens (tertiary/aromatic N) is 1. The predicted molar refractivity (Wildman–Crippen MR) is 184 cm³/mol. The molecule has 0 spiro atoms. The molecule has 1 aromatic rings. The summed E-state index contributed by atoms with van der Waals surface area (Å²) in [5.74, 6) is 1.23. The first-order valence-electron chi connectivity index (χ1n) is 19.1. The molecule has 3 nitrogen and oxygen atoms in total. The van der Waals surface area contributed by atoms with Crippen molar-refractivity contribution in [1.29, 1.82) is 0 Å². The molecule has 0 unspecified atom stereocenters. The van der Waals surface area contributed by atoms with Gasteiger partial charge in [0.15, 0.2) is 0 Å². The summed E-state index contributed by atoms with van der Waals surface area (Å²) >= 11 is 0. The maximum Gasteiger partial charge on any atom is 0.106 e. The highest BCUT2D eigenvalue weighted by Gasteiger charge is 2.10. The van der Waals surface area contributed by atoms with Gasteiger partial charge in [-0.2, -0.15) is 0 Å². The molecule has 0 atom stereocenters. The highest BCUT2D eigenvalue weighted by Crippen LogP contribution is 2.19. The molecular weight excluding hydrogens is 498 g/mol. The van der Waals surface area contributed by atoms with Crippen LogP contribution in [0.2, 0.25) is 0 Å². The van der Waals surface area contributed by atoms with Crippen LogP contribution in [0.1, 0.15) is 217 Å². The third kappa shape index (κ3) is 24.3. The normalized spacial score (nSPS) is 11.6. The minimum atomic E-state index is 0.812. The number of aryl methyl sites for hydroxylation is 3. The molecule has 0 aromatic carbocycles. The molecule has 0 bridgehead atoms. The fourth-order valence-corrected chi connectivity index (χ4v) is 6.28. The van der Waals surface area contributed by atoms with Gasteiger partial charge in [0.2, 0.25) is 0 Å². The van der Waals surface area contributed by atoms with Crippen LogP contribution in [0.25, 0.3) is 0 Å². The largest absolute Gasteiger partial charge is 0.346 e. The van der Waals surface area contributed by atoms with Gasteiger partial charge < -0.3 is 10.7 Å². The van der Waals surface area contributed by atoms with Crippen LogP contribution in [0, 0.1) is 0 Å². The van der Waals surface area contributed by atoms with Crippen molar-refractivity contribution >= 4 is 0 Å². The fraction of sp³-hybridized carbons (Fsp3) is 0.921. The van der Waals surface area contributed by atoms with Gasteiger partial charge >= 0.3 is 0 Å². The van der Waals surface area contributed by atoms with Gasteiger partial charge in [0.1, 0.15) is 5.82 Å². The van der Waals surface area contributed by atoms with Gasteiger partial charge in [0.25, 0.3) is 0 Å². The van der Waals surface area contributed by atoms with E-state index in [1.165, 1.54) is 210 Å². The standard InChI is InChI=1S/C38H75N3/c1-3-5-7-9-11-13-15-17-19-21-23-25-28-32-36-37(41-38(40-36)34-30-27-31-35-39)33-29-26-24-22-20-18-16-14-12-10-8-6-4-2/h3-35,39H2,1-2H3,(H,40,41). The molecule has 41 heavy (non-hydrogen) atoms. The molecule has 1 rings (SSSR count). The zero-order chi connectivity index (χ0) is 29.5. The van der Waals surface area contributed by atoms with Crippen LogP contribution >= 0.6 is 0 Å². The first kappa shape index (κ1) is 38.2. The summed E-state index contributed by atoms with van der Waals surface area (Å²) < 4.78 is 0. The Morgan fingerprint density at radius 1 is 0.415 bits per heavy atom. The van der Waals surface area contributed by atoms with Crippen molar-refractivity contribution in [3.63, 3.8) is 0 Å². The summed E-state index contributed by atoms with van der Waals surface area (Å²) in [6, 6.07) is 0. The molecule has 0 fully saturated rings. The number of hydrogen-bond donors (Lipinski definition) is 2. The van der Waals surface area contributed by atoms with Gasteiger partial charge in [0, 0.05) is 12.1 Å². The summed E-state index contributed by atoms with van der Waals surface area (Å²) in [6.07, 6.45) is 44.0. The lowest BCUT2D eigenvalue weighted by molar-refractivity contribution is 0.537. The predicted octanol–water partition coefficient (Wildman–Crippen LogP) is 12.3. The Balaban J connectivity index is 2.17. The lowest BCUT2D eigenvalue weighted by atomic mass is 10.0. The van der Waals surface area contributed by atoms with Gasteiger partial charge in [0.05, 0.1) is 5.69 Å². The quantitative estimate of drug-likeness (QED) is 0.0821. The number of rotatable bonds is 33. The van der Waals surface area contributed by atoms with E-state index in [-0.39, 0.29) is 0 Å². The SMILES string of the molecule is CCCCCCCCCCCCCCCc1nc(CCCCCN)[nH]c1CCCCCCCCCCCCCCC. The van der Waals surface area contributed by atoms with Gasteiger partial charge in [-0.15, -0.1) is 0 Å². The second-order valence-electron chi connectivity index (χ2n) is 13.2. The maximum atomic E-state index is 5.69. The number of aromatic amines is 1. The molecule has 0 aliphatic rings. The van der Waals surface area contributed by atoms with Crippen LogP contribution < -0.4 is 5.73 Å². The van der Waals surface area contributed by atoms with E-state index in [9.17, 15) is 0 Å². The summed E-state index contributed by atoms with van der Waals surface area (Å²) in [5, 5.41) is 0. The lowest BCUT2D eigenvalue weighted by Crippen LogP contribution is -1.98. The highest BCUT2D eigenvalue weighted by molar-refractivity contribution is 5.15. The Kier molecular flexibility index (Phi) is 28.5. The Bertz CT molecular complexity index is 590. The average molecular weight is 574 g/mol. The van der Waals surface area contributed by atoms with Crippen molar-refractivity contribution in [2.24, 2.45) is 5.73 Å². The van der Waals surface area contributed by atoms with Gasteiger partial charge in [-0.05, 0) is 45.1 Å². The molecule has 0 radical (unpaired) electrons. The Labute approximate surface area is 258 Å². The monoisotopic (exact) mass is 574 g/mol. The van der Waals surface area contributed by atoms with Crippen molar-refractivity contribution in [3.8, 4) is 0 Å². The first-order chi connectivity index (χ1) is 20.3. The number of hydrogen-bond acceptors (Lipinski definition) is 2. The number of unbranched alkanes of at least 4 members (excludes halogenated alkanes) is 26. The van der Waals surface area contributed by atoms with Crippen LogP contribution in [0.4, 0.5) is 0 Å². The number of nitrogens with two attached hydrogens (primary N) is 1. The third-order valence-corrected chi connectivity index (χ3v) is 9.08. The molecule has 1 heterocycles. The molecule has 3 N–H and O–H groups in total. The minimum absolute atomic E-state index is 0.812. The van der Waals surface area contributed by atoms with Gasteiger partial charge in [-0.1, -0.05) is 174 Å². The Hall–Kier alpha value is -0.830. The summed E-state index contributed by atoms with van der Waals surface area (Å²) in [4.78, 5) is 8.85. The number of H-pyrrole nitrogens is 1. The van der Waals surface area contributed by atoms with Crippen molar-refractivity contribution in [1.82, 2.24) is 9.97 Å². The maximum absolute atomic E-state index is 5.69. The number of imidazole rings is 1. The minimum Gasteiger partial charge on any atom is -0.346 e.